The number of nitrogens with zero attached hydrogens (tertiary/aromatic N) is 1. The van der Waals surface area contributed by atoms with E-state index in [0.717, 1.165) is 30.3 Å². The quantitative estimate of drug-likeness (QED) is 0.680. The normalized spacial score (nSPS) is 15.5. The van der Waals surface area contributed by atoms with Crippen LogP contribution in [0, 0.1) is 17.6 Å². The van der Waals surface area contributed by atoms with Gasteiger partial charge in [-0.3, -0.25) is 9.59 Å². The van der Waals surface area contributed by atoms with Crippen molar-refractivity contribution in [3.05, 3.63) is 59.7 Å². The molecule has 0 saturated carbocycles. The average Bonchev–Trinajstić information content (AvgIpc) is 2.75. The molecule has 0 radical (unpaired) electrons. The maximum absolute atomic E-state index is 14.2. The van der Waals surface area contributed by atoms with Crippen LogP contribution >= 0.6 is 0 Å². The van der Waals surface area contributed by atoms with Crippen molar-refractivity contribution in [1.29, 1.82) is 0 Å². The van der Waals surface area contributed by atoms with E-state index in [9.17, 15) is 26.8 Å². The zero-order chi connectivity index (χ0) is 22.6. The van der Waals surface area contributed by atoms with Gasteiger partial charge in [-0.25, -0.2) is 17.2 Å². The largest absolute Gasteiger partial charge is 0.466 e. The number of ether oxygens (including phenoxy) is 1. The number of piperidine rings is 1. The van der Waals surface area contributed by atoms with Crippen molar-refractivity contribution in [3.8, 4) is 0 Å². The molecule has 1 heterocycles. The number of sulfonamides is 1. The third-order valence-corrected chi connectivity index (χ3v) is 6.89. The Hall–Kier alpha value is -2.85. The number of anilines is 1. The van der Waals surface area contributed by atoms with Crippen LogP contribution in [0.15, 0.2) is 47.4 Å². The Kier molecular flexibility index (Phi) is 7.01. The lowest BCUT2D eigenvalue weighted by atomic mass is 9.98. The second-order valence-corrected chi connectivity index (χ2v) is 8.97. The molecule has 0 aromatic heterocycles. The minimum absolute atomic E-state index is 0.111. The van der Waals surface area contributed by atoms with E-state index in [1.54, 1.807) is 6.92 Å². The van der Waals surface area contributed by atoms with E-state index in [-0.39, 0.29) is 42.2 Å². The molecule has 1 amide bonds. The summed E-state index contributed by atoms with van der Waals surface area (Å²) in [6, 6.07) is 7.86. The summed E-state index contributed by atoms with van der Waals surface area (Å²) in [5.41, 5.74) is -0.216. The van der Waals surface area contributed by atoms with Crippen LogP contribution in [0.4, 0.5) is 14.5 Å². The minimum atomic E-state index is -3.99. The highest BCUT2D eigenvalue weighted by Crippen LogP contribution is 2.26. The SMILES string of the molecule is CCOC(=O)C1CCN(S(=O)(=O)c2ccc(F)c(C(=O)Nc3ccc(F)cc3)c2)CC1. The number of carbonyl (C=O) groups excluding carboxylic acids is 2. The van der Waals surface area contributed by atoms with Crippen molar-refractivity contribution >= 4 is 27.6 Å². The summed E-state index contributed by atoms with van der Waals surface area (Å²) in [6.07, 6.45) is 0.633. The average molecular weight is 452 g/mol. The van der Waals surface area contributed by atoms with Crippen molar-refractivity contribution in [2.75, 3.05) is 25.0 Å². The number of rotatable bonds is 6. The predicted molar refractivity (Wildman–Crippen MR) is 109 cm³/mol. The van der Waals surface area contributed by atoms with Gasteiger partial charge < -0.3 is 10.1 Å². The second kappa shape index (κ2) is 9.52. The topological polar surface area (TPSA) is 92.8 Å². The first-order valence-corrected chi connectivity index (χ1v) is 11.2. The van der Waals surface area contributed by atoms with Crippen LogP contribution in [-0.2, 0) is 19.6 Å². The van der Waals surface area contributed by atoms with Crippen LogP contribution in [0.3, 0.4) is 0 Å². The first kappa shape index (κ1) is 22.8. The predicted octanol–water partition coefficient (Wildman–Crippen LogP) is 3.18. The van der Waals surface area contributed by atoms with E-state index >= 15 is 0 Å². The molecule has 166 valence electrons. The van der Waals surface area contributed by atoms with Gasteiger partial charge in [0, 0.05) is 18.8 Å². The van der Waals surface area contributed by atoms with E-state index in [1.165, 1.54) is 16.4 Å². The molecule has 2 aromatic rings. The maximum atomic E-state index is 14.2. The smallest absolute Gasteiger partial charge is 0.309 e. The van der Waals surface area contributed by atoms with E-state index in [2.05, 4.69) is 5.32 Å². The molecule has 10 heteroatoms. The number of nitrogens with one attached hydrogen (secondary N) is 1. The molecular formula is C21H22F2N2O5S. The number of esters is 1. The summed E-state index contributed by atoms with van der Waals surface area (Å²) >= 11 is 0. The Labute approximate surface area is 179 Å². The number of hydrogen-bond donors (Lipinski definition) is 1. The fourth-order valence-electron chi connectivity index (χ4n) is 3.31. The summed E-state index contributed by atoms with van der Waals surface area (Å²) in [5, 5.41) is 2.41. The van der Waals surface area contributed by atoms with Crippen molar-refractivity contribution in [3.63, 3.8) is 0 Å². The van der Waals surface area contributed by atoms with Crippen LogP contribution in [0.1, 0.15) is 30.1 Å². The summed E-state index contributed by atoms with van der Waals surface area (Å²) in [5.74, 6) is -2.96. The van der Waals surface area contributed by atoms with Gasteiger partial charge in [0.05, 0.1) is 23.0 Å². The van der Waals surface area contributed by atoms with Crippen molar-refractivity contribution in [2.45, 2.75) is 24.7 Å². The van der Waals surface area contributed by atoms with Gasteiger partial charge in [-0.05, 0) is 62.2 Å². The van der Waals surface area contributed by atoms with Crippen LogP contribution in [0.5, 0.6) is 0 Å². The lowest BCUT2D eigenvalue weighted by molar-refractivity contribution is -0.149. The van der Waals surface area contributed by atoms with Gasteiger partial charge >= 0.3 is 5.97 Å². The standard InChI is InChI=1S/C21H22F2N2O5S/c1-2-30-21(27)14-9-11-25(12-10-14)31(28,29)17-7-8-19(23)18(13-17)20(26)24-16-5-3-15(22)4-6-16/h3-8,13-14H,2,9-12H2,1H3,(H,24,26). The fourth-order valence-corrected chi connectivity index (χ4v) is 4.81. The number of carbonyl (C=O) groups is 2. The van der Waals surface area contributed by atoms with Gasteiger partial charge in [-0.15, -0.1) is 0 Å². The van der Waals surface area contributed by atoms with Crippen LogP contribution in [-0.4, -0.2) is 44.3 Å². The first-order chi connectivity index (χ1) is 14.7. The van der Waals surface area contributed by atoms with Crippen molar-refractivity contribution in [2.24, 2.45) is 5.92 Å². The lowest BCUT2D eigenvalue weighted by Crippen LogP contribution is -2.40. The summed E-state index contributed by atoms with van der Waals surface area (Å²) in [7, 11) is -3.99. The highest BCUT2D eigenvalue weighted by Gasteiger charge is 2.33. The molecule has 1 saturated heterocycles. The van der Waals surface area contributed by atoms with E-state index < -0.39 is 33.1 Å². The molecular weight excluding hydrogens is 430 g/mol. The molecule has 31 heavy (non-hydrogen) atoms. The van der Waals surface area contributed by atoms with Crippen molar-refractivity contribution < 1.29 is 31.5 Å². The van der Waals surface area contributed by atoms with Crippen molar-refractivity contribution in [1.82, 2.24) is 4.31 Å². The van der Waals surface area contributed by atoms with Crippen LogP contribution in [0.25, 0.3) is 0 Å². The van der Waals surface area contributed by atoms with Crippen LogP contribution < -0.4 is 5.32 Å². The molecule has 2 aromatic carbocycles. The van der Waals surface area contributed by atoms with Gasteiger partial charge in [0.15, 0.2) is 0 Å². The monoisotopic (exact) mass is 452 g/mol. The summed E-state index contributed by atoms with van der Waals surface area (Å²) < 4.78 is 59.4. The van der Waals surface area contributed by atoms with E-state index in [1.807, 2.05) is 0 Å². The number of hydrogen-bond acceptors (Lipinski definition) is 5. The zero-order valence-electron chi connectivity index (χ0n) is 16.8. The number of halogens is 2. The van der Waals surface area contributed by atoms with Gasteiger partial charge in [0.2, 0.25) is 10.0 Å². The molecule has 0 bridgehead atoms. The number of amides is 1. The molecule has 7 nitrogen and oxygen atoms in total. The molecule has 1 N–H and O–H groups in total. The highest BCUT2D eigenvalue weighted by molar-refractivity contribution is 7.89. The van der Waals surface area contributed by atoms with Gasteiger partial charge in [0.1, 0.15) is 11.6 Å². The maximum Gasteiger partial charge on any atom is 0.309 e. The molecule has 1 aliphatic rings. The Morgan fingerprint density at radius 3 is 2.35 bits per heavy atom. The molecule has 0 atom stereocenters. The second-order valence-electron chi connectivity index (χ2n) is 7.03. The van der Waals surface area contributed by atoms with E-state index in [4.69, 9.17) is 4.74 Å². The molecule has 3 rings (SSSR count). The minimum Gasteiger partial charge on any atom is -0.466 e. The van der Waals surface area contributed by atoms with Gasteiger partial charge in [-0.2, -0.15) is 4.31 Å². The molecule has 0 spiro atoms. The highest BCUT2D eigenvalue weighted by atomic mass is 32.2. The number of benzene rings is 2. The Morgan fingerprint density at radius 2 is 1.74 bits per heavy atom. The Balaban J connectivity index is 1.76. The fraction of sp³-hybridized carbons (Fsp3) is 0.333. The Morgan fingerprint density at radius 1 is 1.10 bits per heavy atom. The van der Waals surface area contributed by atoms with Gasteiger partial charge in [0.25, 0.3) is 5.91 Å². The third kappa shape index (κ3) is 5.26. The first-order valence-electron chi connectivity index (χ1n) is 9.75. The molecule has 0 aliphatic carbocycles. The van der Waals surface area contributed by atoms with Crippen LogP contribution in [0.2, 0.25) is 0 Å². The molecule has 0 unspecified atom stereocenters. The van der Waals surface area contributed by atoms with Gasteiger partial charge in [-0.1, -0.05) is 0 Å². The Bertz CT molecular complexity index is 1070. The summed E-state index contributed by atoms with van der Waals surface area (Å²) in [4.78, 5) is 24.1. The molecule has 1 aliphatic heterocycles. The summed E-state index contributed by atoms with van der Waals surface area (Å²) in [6.45, 7) is 2.19. The lowest BCUT2D eigenvalue weighted by Gasteiger charge is -2.30. The molecule has 1 fully saturated rings. The van der Waals surface area contributed by atoms with E-state index in [0.29, 0.717) is 12.8 Å². The zero-order valence-corrected chi connectivity index (χ0v) is 17.6. The third-order valence-electron chi connectivity index (χ3n) is 5.00.